The fourth-order valence-corrected chi connectivity index (χ4v) is 3.76. The zero-order valence-electron chi connectivity index (χ0n) is 13.9. The Morgan fingerprint density at radius 2 is 2.33 bits per heavy atom. The quantitative estimate of drug-likeness (QED) is 0.873. The molecule has 1 amide bonds. The van der Waals surface area contributed by atoms with Crippen LogP contribution in [0.4, 0.5) is 0 Å². The number of nitrogens with one attached hydrogen (secondary N) is 2. The minimum Gasteiger partial charge on any atom is -0.347 e. The Kier molecular flexibility index (Phi) is 5.48. The minimum atomic E-state index is -0.290. The number of aryl methyl sites for hydroxylation is 1. The summed E-state index contributed by atoms with van der Waals surface area (Å²) in [4.78, 5) is 26.3. The highest BCUT2D eigenvalue weighted by Crippen LogP contribution is 2.13. The summed E-state index contributed by atoms with van der Waals surface area (Å²) in [5, 5.41) is 8.20. The molecule has 0 bridgehead atoms. The third-order valence-corrected chi connectivity index (χ3v) is 5.33. The van der Waals surface area contributed by atoms with Crippen LogP contribution in [0, 0.1) is 12.8 Å². The van der Waals surface area contributed by atoms with Crippen LogP contribution in [0.1, 0.15) is 33.6 Å². The van der Waals surface area contributed by atoms with Gasteiger partial charge in [0, 0.05) is 17.6 Å². The van der Waals surface area contributed by atoms with Crippen molar-refractivity contribution < 1.29 is 4.79 Å². The van der Waals surface area contributed by atoms with Gasteiger partial charge in [0.1, 0.15) is 5.56 Å². The average Bonchev–Trinajstić information content (AvgIpc) is 3.10. The van der Waals surface area contributed by atoms with Crippen LogP contribution in [0.15, 0.2) is 34.6 Å². The standard InChI is InChI=1S/C18H23N3O2S/c1-13-6-8-21(12-14-4-2-7-19-10-14)18(23)16(13)17(22)20-11-15-5-3-9-24-15/h3,5-6,8-9,14,19H,2,4,7,10-12H2,1H3,(H,20,22). The second-order valence-corrected chi connectivity index (χ2v) is 7.34. The van der Waals surface area contributed by atoms with E-state index in [1.54, 1.807) is 15.9 Å². The SMILES string of the molecule is Cc1ccn(CC2CCCNC2)c(=O)c1C(=O)NCc1cccs1. The summed E-state index contributed by atoms with van der Waals surface area (Å²) in [7, 11) is 0. The Hall–Kier alpha value is -1.92. The van der Waals surface area contributed by atoms with Crippen LogP contribution in [0.5, 0.6) is 0 Å². The van der Waals surface area contributed by atoms with Gasteiger partial charge in [-0.25, -0.2) is 0 Å². The summed E-state index contributed by atoms with van der Waals surface area (Å²) in [6, 6.07) is 5.78. The molecule has 3 rings (SSSR count). The Labute approximate surface area is 145 Å². The van der Waals surface area contributed by atoms with Crippen LogP contribution in [0.25, 0.3) is 0 Å². The first-order chi connectivity index (χ1) is 11.6. The van der Waals surface area contributed by atoms with Crippen molar-refractivity contribution in [3.05, 3.63) is 56.1 Å². The van der Waals surface area contributed by atoms with Gasteiger partial charge in [0.25, 0.3) is 11.5 Å². The molecule has 1 atom stereocenters. The molecule has 0 aliphatic carbocycles. The Morgan fingerprint density at radius 1 is 1.46 bits per heavy atom. The first-order valence-corrected chi connectivity index (χ1v) is 9.24. The Bertz CT molecular complexity index is 746. The van der Waals surface area contributed by atoms with Gasteiger partial charge in [-0.3, -0.25) is 9.59 Å². The smallest absolute Gasteiger partial charge is 0.263 e. The summed E-state index contributed by atoms with van der Waals surface area (Å²) < 4.78 is 1.69. The number of carbonyl (C=O) groups excluding carboxylic acids is 1. The van der Waals surface area contributed by atoms with Gasteiger partial charge >= 0.3 is 0 Å². The molecule has 1 unspecified atom stereocenters. The van der Waals surface area contributed by atoms with Crippen LogP contribution in [-0.2, 0) is 13.1 Å². The molecule has 1 aliphatic heterocycles. The molecular formula is C18H23N3O2S. The van der Waals surface area contributed by atoms with Crippen molar-refractivity contribution in [1.82, 2.24) is 15.2 Å². The zero-order chi connectivity index (χ0) is 16.9. The number of hydrogen-bond donors (Lipinski definition) is 2. The predicted octanol–water partition coefficient (Wildman–Crippen LogP) is 2.15. The third-order valence-electron chi connectivity index (χ3n) is 4.46. The molecule has 3 heterocycles. The number of carbonyl (C=O) groups is 1. The molecule has 128 valence electrons. The number of rotatable bonds is 5. The van der Waals surface area contributed by atoms with Crippen molar-refractivity contribution in [3.8, 4) is 0 Å². The Balaban J connectivity index is 1.75. The lowest BCUT2D eigenvalue weighted by atomic mass is 9.99. The highest BCUT2D eigenvalue weighted by Gasteiger charge is 2.19. The number of thiophene rings is 1. The van der Waals surface area contributed by atoms with E-state index in [0.717, 1.165) is 36.4 Å². The maximum absolute atomic E-state index is 12.8. The highest BCUT2D eigenvalue weighted by molar-refractivity contribution is 7.09. The lowest BCUT2D eigenvalue weighted by Gasteiger charge is -2.23. The maximum Gasteiger partial charge on any atom is 0.263 e. The molecule has 0 radical (unpaired) electrons. The van der Waals surface area contributed by atoms with E-state index in [0.29, 0.717) is 19.0 Å². The molecule has 0 spiro atoms. The molecule has 0 aromatic carbocycles. The van der Waals surface area contributed by atoms with Crippen LogP contribution >= 0.6 is 11.3 Å². The topological polar surface area (TPSA) is 63.1 Å². The fourth-order valence-electron chi connectivity index (χ4n) is 3.11. The maximum atomic E-state index is 12.8. The second-order valence-electron chi connectivity index (χ2n) is 6.31. The molecule has 24 heavy (non-hydrogen) atoms. The van der Waals surface area contributed by atoms with Crippen molar-refractivity contribution in [2.24, 2.45) is 5.92 Å². The molecule has 1 saturated heterocycles. The van der Waals surface area contributed by atoms with Crippen LogP contribution in [-0.4, -0.2) is 23.6 Å². The van der Waals surface area contributed by atoms with Crippen molar-refractivity contribution in [2.45, 2.75) is 32.9 Å². The number of pyridine rings is 1. The number of piperidine rings is 1. The molecular weight excluding hydrogens is 322 g/mol. The van der Waals surface area contributed by atoms with Gasteiger partial charge in [0.15, 0.2) is 0 Å². The molecule has 2 aromatic rings. The zero-order valence-corrected chi connectivity index (χ0v) is 14.7. The van der Waals surface area contributed by atoms with E-state index in [1.807, 2.05) is 36.7 Å². The lowest BCUT2D eigenvalue weighted by molar-refractivity contribution is 0.0948. The van der Waals surface area contributed by atoms with E-state index >= 15 is 0 Å². The van der Waals surface area contributed by atoms with Crippen molar-refractivity contribution in [1.29, 1.82) is 0 Å². The fraction of sp³-hybridized carbons (Fsp3) is 0.444. The molecule has 1 fully saturated rings. The first-order valence-electron chi connectivity index (χ1n) is 8.36. The van der Waals surface area contributed by atoms with E-state index < -0.39 is 0 Å². The van der Waals surface area contributed by atoms with Crippen molar-refractivity contribution in [3.63, 3.8) is 0 Å². The molecule has 6 heteroatoms. The lowest BCUT2D eigenvalue weighted by Crippen LogP contribution is -2.37. The van der Waals surface area contributed by atoms with Crippen LogP contribution in [0.2, 0.25) is 0 Å². The molecule has 2 N–H and O–H groups in total. The van der Waals surface area contributed by atoms with Gasteiger partial charge in [-0.1, -0.05) is 6.07 Å². The second kappa shape index (κ2) is 7.77. The highest BCUT2D eigenvalue weighted by atomic mass is 32.1. The third kappa shape index (κ3) is 3.94. The largest absolute Gasteiger partial charge is 0.347 e. The summed E-state index contributed by atoms with van der Waals surface area (Å²) in [5.41, 5.74) is 0.795. The van der Waals surface area contributed by atoms with Crippen molar-refractivity contribution >= 4 is 17.2 Å². The van der Waals surface area contributed by atoms with Crippen molar-refractivity contribution in [2.75, 3.05) is 13.1 Å². The summed E-state index contributed by atoms with van der Waals surface area (Å²) in [6.45, 7) is 4.91. The van der Waals surface area contributed by atoms with E-state index in [-0.39, 0.29) is 17.0 Å². The number of nitrogens with zero attached hydrogens (tertiary/aromatic N) is 1. The first kappa shape index (κ1) is 16.9. The monoisotopic (exact) mass is 345 g/mol. The summed E-state index contributed by atoms with van der Waals surface area (Å²) in [6.07, 6.45) is 4.06. The number of hydrogen-bond acceptors (Lipinski definition) is 4. The Morgan fingerprint density at radius 3 is 3.04 bits per heavy atom. The normalized spacial score (nSPS) is 17.6. The predicted molar refractivity (Wildman–Crippen MR) is 96.5 cm³/mol. The molecule has 2 aromatic heterocycles. The van der Waals surface area contributed by atoms with Gasteiger partial charge in [-0.15, -0.1) is 11.3 Å². The van der Waals surface area contributed by atoms with E-state index in [9.17, 15) is 9.59 Å². The number of amides is 1. The van der Waals surface area contributed by atoms with Gasteiger partial charge in [-0.2, -0.15) is 0 Å². The van der Waals surface area contributed by atoms with Gasteiger partial charge < -0.3 is 15.2 Å². The van der Waals surface area contributed by atoms with Gasteiger partial charge in [0.2, 0.25) is 0 Å². The van der Waals surface area contributed by atoms with E-state index in [2.05, 4.69) is 10.6 Å². The van der Waals surface area contributed by atoms with Crippen LogP contribution in [0.3, 0.4) is 0 Å². The molecule has 0 saturated carbocycles. The van der Waals surface area contributed by atoms with Gasteiger partial charge in [-0.05, 0) is 61.8 Å². The van der Waals surface area contributed by atoms with Gasteiger partial charge in [0.05, 0.1) is 6.54 Å². The summed E-state index contributed by atoms with van der Waals surface area (Å²) in [5.74, 6) is 0.156. The van der Waals surface area contributed by atoms with E-state index in [4.69, 9.17) is 0 Å². The van der Waals surface area contributed by atoms with Crippen LogP contribution < -0.4 is 16.2 Å². The van der Waals surface area contributed by atoms with E-state index in [1.165, 1.54) is 0 Å². The molecule has 5 nitrogen and oxygen atoms in total. The number of aromatic nitrogens is 1. The molecule has 1 aliphatic rings. The summed E-state index contributed by atoms with van der Waals surface area (Å²) >= 11 is 1.59. The minimum absolute atomic E-state index is 0.191. The average molecular weight is 345 g/mol.